The SMILES string of the molecule is Cc1ccccc1.N=C=O.N=C=O.OCCO. The number of hydrogen-bond acceptors (Lipinski definition) is 6. The maximum absolute atomic E-state index is 8.35. The molecule has 6 heteroatoms. The van der Waals surface area contributed by atoms with Gasteiger partial charge >= 0.3 is 0 Å². The van der Waals surface area contributed by atoms with Gasteiger partial charge in [-0.25, -0.2) is 20.4 Å². The van der Waals surface area contributed by atoms with Gasteiger partial charge in [0.25, 0.3) is 0 Å². The van der Waals surface area contributed by atoms with Crippen LogP contribution >= 0.6 is 0 Å². The number of hydrogen-bond donors (Lipinski definition) is 4. The van der Waals surface area contributed by atoms with E-state index >= 15 is 0 Å². The van der Waals surface area contributed by atoms with Crippen LogP contribution in [0.4, 0.5) is 0 Å². The van der Waals surface area contributed by atoms with Gasteiger partial charge in [-0.15, -0.1) is 0 Å². The molecule has 0 saturated carbocycles. The first-order chi connectivity index (χ1) is 8.14. The first-order valence-corrected chi connectivity index (χ1v) is 4.45. The summed E-state index contributed by atoms with van der Waals surface area (Å²) in [6, 6.07) is 10.3. The number of aliphatic hydroxyl groups is 2. The zero-order chi connectivity index (χ0) is 13.9. The second-order valence-electron chi connectivity index (χ2n) is 2.31. The van der Waals surface area contributed by atoms with Crippen LogP contribution in [0.15, 0.2) is 30.3 Å². The fourth-order valence-corrected chi connectivity index (χ4v) is 0.534. The molecule has 6 nitrogen and oxygen atoms in total. The molecule has 1 aromatic rings. The fraction of sp³-hybridized carbons (Fsp3) is 0.273. The zero-order valence-electron chi connectivity index (χ0n) is 9.51. The average Bonchev–Trinajstić information content (AvgIpc) is 2.32. The Balaban J connectivity index is -0.000000170. The predicted octanol–water partition coefficient (Wildman–Crippen LogP) is 0.768. The molecule has 17 heavy (non-hydrogen) atoms. The lowest BCUT2D eigenvalue weighted by Gasteiger charge is -1.82. The van der Waals surface area contributed by atoms with Gasteiger partial charge < -0.3 is 10.2 Å². The standard InChI is InChI=1S/C7H8.C2H6O2.2CHNO/c1-7-5-3-2-4-6-7;3-1-2-4;2*2-1-3/h2-6H,1H3;3-4H,1-2H2;2*2H. The van der Waals surface area contributed by atoms with Gasteiger partial charge in [-0.1, -0.05) is 35.9 Å². The number of rotatable bonds is 1. The molecule has 1 rings (SSSR count). The Bertz CT molecular complexity index is 289. The lowest BCUT2D eigenvalue weighted by atomic mass is 10.2. The Morgan fingerprint density at radius 1 is 1.00 bits per heavy atom. The van der Waals surface area contributed by atoms with E-state index in [9.17, 15) is 0 Å². The van der Waals surface area contributed by atoms with Crippen LogP contribution in [0.5, 0.6) is 0 Å². The lowest BCUT2D eigenvalue weighted by molar-refractivity contribution is 0.186. The van der Waals surface area contributed by atoms with Gasteiger partial charge in [-0.05, 0) is 6.92 Å². The van der Waals surface area contributed by atoms with Crippen LogP contribution in [0, 0.1) is 17.7 Å². The molecule has 4 N–H and O–H groups in total. The normalized spacial score (nSPS) is 6.29. The van der Waals surface area contributed by atoms with E-state index in [1.807, 2.05) is 18.2 Å². The predicted molar refractivity (Wildman–Crippen MR) is 62.2 cm³/mol. The summed E-state index contributed by atoms with van der Waals surface area (Å²) in [7, 11) is 0. The summed E-state index contributed by atoms with van der Waals surface area (Å²) in [4.78, 5) is 16.7. The maximum atomic E-state index is 8.35. The van der Waals surface area contributed by atoms with Crippen molar-refractivity contribution < 1.29 is 19.8 Å². The largest absolute Gasteiger partial charge is 0.394 e. The van der Waals surface area contributed by atoms with Crippen LogP contribution in [0.1, 0.15) is 5.56 Å². The molecule has 0 saturated heterocycles. The Hall–Kier alpha value is -2.10. The number of benzene rings is 1. The van der Waals surface area contributed by atoms with Crippen molar-refractivity contribution in [2.45, 2.75) is 6.92 Å². The third-order valence-electron chi connectivity index (χ3n) is 1.04. The molecular weight excluding hydrogens is 224 g/mol. The van der Waals surface area contributed by atoms with Gasteiger partial charge in [0.15, 0.2) is 0 Å². The Morgan fingerprint density at radius 3 is 1.41 bits per heavy atom. The molecule has 94 valence electrons. The van der Waals surface area contributed by atoms with Crippen molar-refractivity contribution in [3.63, 3.8) is 0 Å². The molecule has 0 aliphatic heterocycles. The van der Waals surface area contributed by atoms with E-state index < -0.39 is 0 Å². The molecule has 0 unspecified atom stereocenters. The summed E-state index contributed by atoms with van der Waals surface area (Å²) in [5.74, 6) is 0. The maximum Gasteiger partial charge on any atom is 0.231 e. The number of aryl methyl sites for hydroxylation is 1. The average molecular weight is 240 g/mol. The molecule has 0 fully saturated rings. The van der Waals surface area contributed by atoms with Crippen molar-refractivity contribution in [3.8, 4) is 0 Å². The first kappa shape index (κ1) is 20.3. The van der Waals surface area contributed by atoms with Crippen LogP contribution in [-0.4, -0.2) is 35.6 Å². The van der Waals surface area contributed by atoms with Crippen LogP contribution in [0.3, 0.4) is 0 Å². The third kappa shape index (κ3) is 41.3. The van der Waals surface area contributed by atoms with Crippen molar-refractivity contribution in [1.82, 2.24) is 0 Å². The van der Waals surface area contributed by atoms with E-state index in [1.165, 1.54) is 5.56 Å². The van der Waals surface area contributed by atoms with Crippen LogP contribution in [0.2, 0.25) is 0 Å². The molecule has 0 spiro atoms. The van der Waals surface area contributed by atoms with Gasteiger partial charge in [-0.2, -0.15) is 0 Å². The summed E-state index contributed by atoms with van der Waals surface area (Å²) in [6.45, 7) is 1.83. The van der Waals surface area contributed by atoms with Crippen molar-refractivity contribution in [2.75, 3.05) is 13.2 Å². The Morgan fingerprint density at radius 2 is 1.29 bits per heavy atom. The highest BCUT2D eigenvalue weighted by molar-refractivity contribution is 5.26. The van der Waals surface area contributed by atoms with Crippen molar-refractivity contribution in [3.05, 3.63) is 35.9 Å². The molecule has 0 bridgehead atoms. The monoisotopic (exact) mass is 240 g/mol. The van der Waals surface area contributed by atoms with Gasteiger partial charge in [0.1, 0.15) is 0 Å². The van der Waals surface area contributed by atoms with E-state index in [1.54, 1.807) is 0 Å². The quantitative estimate of drug-likeness (QED) is 0.427. The highest BCUT2D eigenvalue weighted by atomic mass is 16.3. The molecule has 1 aromatic carbocycles. The number of isocyanates is 2. The summed E-state index contributed by atoms with van der Waals surface area (Å²) in [5.41, 5.74) is 1.32. The fourth-order valence-electron chi connectivity index (χ4n) is 0.534. The van der Waals surface area contributed by atoms with E-state index in [4.69, 9.17) is 30.6 Å². The molecule has 0 atom stereocenters. The van der Waals surface area contributed by atoms with E-state index in [0.29, 0.717) is 0 Å². The highest BCUT2D eigenvalue weighted by Gasteiger charge is 1.72. The number of nitrogens with one attached hydrogen (secondary N) is 2. The summed E-state index contributed by atoms with van der Waals surface area (Å²) < 4.78 is 0. The highest BCUT2D eigenvalue weighted by Crippen LogP contribution is 1.92. The minimum atomic E-state index is -0.125. The first-order valence-electron chi connectivity index (χ1n) is 4.45. The van der Waals surface area contributed by atoms with E-state index in [0.717, 1.165) is 12.2 Å². The minimum Gasteiger partial charge on any atom is -0.394 e. The van der Waals surface area contributed by atoms with Crippen LogP contribution in [0.25, 0.3) is 0 Å². The van der Waals surface area contributed by atoms with Crippen LogP contribution in [-0.2, 0) is 9.59 Å². The number of carbonyl (C=O) groups excluding carboxylic acids is 2. The van der Waals surface area contributed by atoms with Gasteiger partial charge in [0, 0.05) is 0 Å². The van der Waals surface area contributed by atoms with Gasteiger partial charge in [0.05, 0.1) is 13.2 Å². The van der Waals surface area contributed by atoms with Crippen molar-refractivity contribution >= 4 is 12.2 Å². The summed E-state index contributed by atoms with van der Waals surface area (Å²) in [6.07, 6.45) is 1.50. The van der Waals surface area contributed by atoms with E-state index in [2.05, 4.69) is 19.1 Å². The molecular formula is C11H16N2O4. The molecule has 0 aromatic heterocycles. The van der Waals surface area contributed by atoms with Gasteiger partial charge in [-0.3, -0.25) is 0 Å². The smallest absolute Gasteiger partial charge is 0.231 e. The van der Waals surface area contributed by atoms with Crippen LogP contribution < -0.4 is 0 Å². The molecule has 0 heterocycles. The van der Waals surface area contributed by atoms with Gasteiger partial charge in [0.2, 0.25) is 12.2 Å². The Labute approximate surface area is 99.6 Å². The second kappa shape index (κ2) is 23.6. The summed E-state index contributed by atoms with van der Waals surface area (Å²) in [5, 5.41) is 26.1. The second-order valence-corrected chi connectivity index (χ2v) is 2.31. The summed E-state index contributed by atoms with van der Waals surface area (Å²) >= 11 is 0. The minimum absolute atomic E-state index is 0.125. The molecule has 0 aliphatic carbocycles. The Kier molecular flexibility index (Phi) is 28.2. The third-order valence-corrected chi connectivity index (χ3v) is 1.04. The molecule has 0 aliphatic rings. The number of aliphatic hydroxyl groups excluding tert-OH is 2. The topological polar surface area (TPSA) is 122 Å². The molecule has 0 amide bonds. The lowest BCUT2D eigenvalue weighted by Crippen LogP contribution is -1.85. The van der Waals surface area contributed by atoms with Crippen molar-refractivity contribution in [2.24, 2.45) is 0 Å². The van der Waals surface area contributed by atoms with Crippen molar-refractivity contribution in [1.29, 1.82) is 10.8 Å². The zero-order valence-corrected chi connectivity index (χ0v) is 9.51. The molecule has 0 radical (unpaired) electrons. The van der Waals surface area contributed by atoms with E-state index in [-0.39, 0.29) is 13.2 Å².